The van der Waals surface area contributed by atoms with Gasteiger partial charge in [0.05, 0.1) is 4.90 Å². The molecule has 2 amide bonds. The minimum Gasteiger partial charge on any atom is -0.341 e. The van der Waals surface area contributed by atoms with Crippen molar-refractivity contribution in [2.75, 3.05) is 31.1 Å². The Labute approximate surface area is 179 Å². The minimum absolute atomic E-state index is 0.0336. The first-order valence-corrected chi connectivity index (χ1v) is 12.4. The van der Waals surface area contributed by atoms with Gasteiger partial charge in [-0.15, -0.1) is 0 Å². The second-order valence-electron chi connectivity index (χ2n) is 8.87. The average Bonchev–Trinajstić information content (AvgIpc) is 3.13. The summed E-state index contributed by atoms with van der Waals surface area (Å²) < 4.78 is 27.7. The van der Waals surface area contributed by atoms with Gasteiger partial charge in [-0.25, -0.2) is 8.42 Å². The number of hydrogen-bond acceptors (Lipinski definition) is 4. The Morgan fingerprint density at radius 1 is 1.00 bits per heavy atom. The van der Waals surface area contributed by atoms with Crippen molar-refractivity contribution in [3.63, 3.8) is 0 Å². The molecule has 1 atom stereocenters. The summed E-state index contributed by atoms with van der Waals surface area (Å²) in [6.45, 7) is 6.19. The summed E-state index contributed by atoms with van der Waals surface area (Å²) in [6, 6.07) is 4.35. The molecular formula is C22H31N3O4S. The molecule has 164 valence electrons. The molecule has 7 nitrogen and oxygen atoms in total. The lowest BCUT2D eigenvalue weighted by Gasteiger charge is -2.34. The van der Waals surface area contributed by atoms with Crippen LogP contribution in [0.25, 0.3) is 0 Å². The number of sulfonamides is 1. The standard InChI is InChI=1S/C22H31N3O4S/c1-16-8-12-23(13-9-16)22(27)21-15-18-14-19(6-7-20(18)25(21)17(2)26)30(28,29)24-10-4-3-5-11-24/h6-7,14,16,21H,3-5,8-13,15H2,1-2H3. The molecule has 8 heteroatoms. The molecule has 2 saturated heterocycles. The summed E-state index contributed by atoms with van der Waals surface area (Å²) in [4.78, 5) is 29.3. The van der Waals surface area contributed by atoms with Gasteiger partial charge in [0.15, 0.2) is 0 Å². The van der Waals surface area contributed by atoms with Crippen molar-refractivity contribution < 1.29 is 18.0 Å². The molecule has 0 bridgehead atoms. The molecule has 3 heterocycles. The lowest BCUT2D eigenvalue weighted by Crippen LogP contribution is -2.51. The molecule has 0 spiro atoms. The van der Waals surface area contributed by atoms with E-state index >= 15 is 0 Å². The maximum atomic E-state index is 13.2. The minimum atomic E-state index is -3.55. The fraction of sp³-hybridized carbons (Fsp3) is 0.636. The fourth-order valence-electron chi connectivity index (χ4n) is 4.87. The molecule has 0 saturated carbocycles. The van der Waals surface area contributed by atoms with Crippen LogP contribution in [0, 0.1) is 5.92 Å². The SMILES string of the molecule is CC(=O)N1c2ccc(S(=O)(=O)N3CCCCC3)cc2CC1C(=O)N1CCC(C)CC1. The Morgan fingerprint density at radius 3 is 2.30 bits per heavy atom. The van der Waals surface area contributed by atoms with E-state index in [1.54, 1.807) is 27.4 Å². The highest BCUT2D eigenvalue weighted by molar-refractivity contribution is 7.89. The maximum absolute atomic E-state index is 13.2. The Hall–Kier alpha value is -1.93. The van der Waals surface area contributed by atoms with Crippen LogP contribution in [-0.2, 0) is 26.0 Å². The zero-order chi connectivity index (χ0) is 21.5. The van der Waals surface area contributed by atoms with Crippen molar-refractivity contribution in [3.8, 4) is 0 Å². The number of likely N-dealkylation sites (tertiary alicyclic amines) is 1. The Morgan fingerprint density at radius 2 is 1.67 bits per heavy atom. The van der Waals surface area contributed by atoms with Crippen molar-refractivity contribution in [2.45, 2.75) is 63.3 Å². The first-order chi connectivity index (χ1) is 14.3. The monoisotopic (exact) mass is 433 g/mol. The largest absolute Gasteiger partial charge is 0.341 e. The smallest absolute Gasteiger partial charge is 0.246 e. The molecule has 30 heavy (non-hydrogen) atoms. The van der Waals surface area contributed by atoms with Gasteiger partial charge in [0, 0.05) is 45.2 Å². The lowest BCUT2D eigenvalue weighted by atomic mass is 9.98. The highest BCUT2D eigenvalue weighted by atomic mass is 32.2. The Kier molecular flexibility index (Phi) is 5.90. The van der Waals surface area contributed by atoms with Crippen LogP contribution in [0.2, 0.25) is 0 Å². The van der Waals surface area contributed by atoms with Crippen LogP contribution in [0.1, 0.15) is 51.5 Å². The molecule has 1 aromatic carbocycles. The van der Waals surface area contributed by atoms with Gasteiger partial charge in [-0.2, -0.15) is 4.31 Å². The van der Waals surface area contributed by atoms with Crippen molar-refractivity contribution >= 4 is 27.5 Å². The second-order valence-corrected chi connectivity index (χ2v) is 10.8. The maximum Gasteiger partial charge on any atom is 0.246 e. The summed E-state index contributed by atoms with van der Waals surface area (Å²) in [6.07, 6.45) is 5.14. The normalized spacial score (nSPS) is 23.5. The van der Waals surface area contributed by atoms with E-state index in [0.717, 1.165) is 37.7 Å². The molecule has 0 N–H and O–H groups in total. The number of amides is 2. The summed E-state index contributed by atoms with van der Waals surface area (Å²) in [5.41, 5.74) is 1.41. The number of carbonyl (C=O) groups is 2. The second kappa shape index (κ2) is 8.30. The van der Waals surface area contributed by atoms with E-state index in [2.05, 4.69) is 6.92 Å². The highest BCUT2D eigenvalue weighted by Gasteiger charge is 2.40. The molecule has 0 radical (unpaired) electrons. The van der Waals surface area contributed by atoms with Gasteiger partial charge in [0.1, 0.15) is 6.04 Å². The summed E-state index contributed by atoms with van der Waals surface area (Å²) in [5, 5.41) is 0. The van der Waals surface area contributed by atoms with E-state index in [1.165, 1.54) is 6.92 Å². The molecule has 1 aromatic rings. The van der Waals surface area contributed by atoms with E-state index in [0.29, 0.717) is 44.2 Å². The fourth-order valence-corrected chi connectivity index (χ4v) is 6.44. The molecule has 0 aliphatic carbocycles. The predicted octanol–water partition coefficient (Wildman–Crippen LogP) is 2.40. The van der Waals surface area contributed by atoms with E-state index in [9.17, 15) is 18.0 Å². The molecule has 1 unspecified atom stereocenters. The number of anilines is 1. The van der Waals surface area contributed by atoms with Crippen molar-refractivity contribution in [3.05, 3.63) is 23.8 Å². The van der Waals surface area contributed by atoms with Crippen LogP contribution >= 0.6 is 0 Å². The van der Waals surface area contributed by atoms with Gasteiger partial charge in [0.2, 0.25) is 21.8 Å². The Balaban J connectivity index is 1.60. The topological polar surface area (TPSA) is 78.0 Å². The van der Waals surface area contributed by atoms with Crippen LogP contribution in [0.4, 0.5) is 5.69 Å². The number of benzene rings is 1. The van der Waals surface area contributed by atoms with Crippen LogP contribution in [0.3, 0.4) is 0 Å². The predicted molar refractivity (Wildman–Crippen MR) is 115 cm³/mol. The number of carbonyl (C=O) groups excluding carboxylic acids is 2. The third kappa shape index (κ3) is 3.87. The summed E-state index contributed by atoms with van der Waals surface area (Å²) in [7, 11) is -3.55. The van der Waals surface area contributed by atoms with Gasteiger partial charge in [0.25, 0.3) is 0 Å². The van der Waals surface area contributed by atoms with E-state index in [-0.39, 0.29) is 16.7 Å². The number of hydrogen-bond donors (Lipinski definition) is 0. The molecule has 3 aliphatic rings. The van der Waals surface area contributed by atoms with Crippen LogP contribution in [-0.4, -0.2) is 61.7 Å². The molecule has 3 aliphatic heterocycles. The van der Waals surface area contributed by atoms with Crippen molar-refractivity contribution in [1.29, 1.82) is 0 Å². The summed E-state index contributed by atoms with van der Waals surface area (Å²) >= 11 is 0. The average molecular weight is 434 g/mol. The third-order valence-corrected chi connectivity index (χ3v) is 8.60. The zero-order valence-electron chi connectivity index (χ0n) is 17.8. The lowest BCUT2D eigenvalue weighted by molar-refractivity contribution is -0.135. The highest BCUT2D eigenvalue weighted by Crippen LogP contribution is 2.36. The number of piperidine rings is 2. The molecule has 2 fully saturated rings. The van der Waals surface area contributed by atoms with Crippen molar-refractivity contribution in [2.24, 2.45) is 5.92 Å². The van der Waals surface area contributed by atoms with Gasteiger partial charge in [-0.3, -0.25) is 14.5 Å². The van der Waals surface area contributed by atoms with E-state index in [1.807, 2.05) is 4.90 Å². The third-order valence-electron chi connectivity index (χ3n) is 6.71. The van der Waals surface area contributed by atoms with Gasteiger partial charge in [-0.1, -0.05) is 13.3 Å². The van der Waals surface area contributed by atoms with E-state index in [4.69, 9.17) is 0 Å². The van der Waals surface area contributed by atoms with Gasteiger partial charge in [-0.05, 0) is 55.4 Å². The Bertz CT molecular complexity index is 932. The molecule has 0 aromatic heterocycles. The molecular weight excluding hydrogens is 402 g/mol. The number of nitrogens with zero attached hydrogens (tertiary/aromatic N) is 3. The summed E-state index contributed by atoms with van der Waals surface area (Å²) in [5.74, 6) is 0.388. The van der Waals surface area contributed by atoms with Gasteiger partial charge < -0.3 is 4.90 Å². The van der Waals surface area contributed by atoms with Crippen LogP contribution < -0.4 is 4.90 Å². The number of fused-ring (bicyclic) bond motifs is 1. The number of rotatable bonds is 3. The zero-order valence-corrected chi connectivity index (χ0v) is 18.7. The molecule has 4 rings (SSSR count). The quantitative estimate of drug-likeness (QED) is 0.733. The van der Waals surface area contributed by atoms with Crippen molar-refractivity contribution in [1.82, 2.24) is 9.21 Å². The van der Waals surface area contributed by atoms with Crippen LogP contribution in [0.5, 0.6) is 0 Å². The van der Waals surface area contributed by atoms with Crippen LogP contribution in [0.15, 0.2) is 23.1 Å². The van der Waals surface area contributed by atoms with Gasteiger partial charge >= 0.3 is 0 Å². The first-order valence-electron chi connectivity index (χ1n) is 11.0. The van der Waals surface area contributed by atoms with E-state index < -0.39 is 16.1 Å². The first kappa shape index (κ1) is 21.3.